The number of nitrogens with two attached hydrogens (primary N) is 1. The quantitative estimate of drug-likeness (QED) is 0.781. The molecule has 1 rings (SSSR count). The van der Waals surface area contributed by atoms with Crippen molar-refractivity contribution in [1.29, 1.82) is 5.26 Å². The molecule has 0 heterocycles. The summed E-state index contributed by atoms with van der Waals surface area (Å²) in [5.74, 6) is 0. The van der Waals surface area contributed by atoms with Gasteiger partial charge in [0.25, 0.3) is 0 Å². The van der Waals surface area contributed by atoms with Crippen molar-refractivity contribution in [3.05, 3.63) is 27.2 Å². The summed E-state index contributed by atoms with van der Waals surface area (Å²) < 4.78 is 0.657. The van der Waals surface area contributed by atoms with Gasteiger partial charge < -0.3 is 11.1 Å². The average molecular weight is 291 g/mol. The second kappa shape index (κ2) is 4.60. The number of nitrogens with one attached hydrogen (secondary N) is 1. The molecule has 1 aromatic carbocycles. The molecule has 3 N–H and O–H groups in total. The van der Waals surface area contributed by atoms with Crippen molar-refractivity contribution >= 4 is 50.5 Å². The van der Waals surface area contributed by atoms with Crippen molar-refractivity contribution in [2.75, 3.05) is 5.32 Å². The molecular weight excluding hydrogens is 286 g/mol. The molecule has 1 aromatic rings. The van der Waals surface area contributed by atoms with Crippen LogP contribution in [-0.2, 0) is 0 Å². The number of benzene rings is 1. The number of nitrogens with zero attached hydrogens (tertiary/aromatic N) is 1. The summed E-state index contributed by atoms with van der Waals surface area (Å²) in [5, 5.41) is 12.1. The normalized spacial score (nSPS) is 9.21. The molecule has 0 bridgehead atoms. The van der Waals surface area contributed by atoms with Gasteiger partial charge in [0.2, 0.25) is 0 Å². The summed E-state index contributed by atoms with van der Waals surface area (Å²) in [5.41, 5.74) is 6.22. The zero-order valence-corrected chi connectivity index (χ0v) is 10.0. The van der Waals surface area contributed by atoms with Crippen molar-refractivity contribution in [3.8, 4) is 6.07 Å². The molecule has 0 aliphatic carbocycles. The Kier molecular flexibility index (Phi) is 3.69. The number of thiocarbonyl (C=S) groups is 1. The number of hydrogen-bond donors (Lipinski definition) is 2. The van der Waals surface area contributed by atoms with Crippen LogP contribution in [0.1, 0.15) is 5.56 Å². The predicted octanol–water partition coefficient (Wildman–Crippen LogP) is 2.63. The van der Waals surface area contributed by atoms with E-state index in [9.17, 15) is 0 Å². The summed E-state index contributed by atoms with van der Waals surface area (Å²) >= 11 is 13.7. The molecule has 0 aliphatic heterocycles. The van der Waals surface area contributed by atoms with Crippen molar-refractivity contribution in [2.24, 2.45) is 5.73 Å². The van der Waals surface area contributed by atoms with Crippen LogP contribution in [0.25, 0.3) is 0 Å². The van der Waals surface area contributed by atoms with E-state index in [0.29, 0.717) is 20.7 Å². The third-order valence-electron chi connectivity index (χ3n) is 1.44. The Labute approximate surface area is 100.0 Å². The number of rotatable bonds is 1. The lowest BCUT2D eigenvalue weighted by Crippen LogP contribution is -2.19. The van der Waals surface area contributed by atoms with Gasteiger partial charge in [-0.05, 0) is 40.3 Å². The highest BCUT2D eigenvalue weighted by atomic mass is 79.9. The molecule has 0 saturated heterocycles. The van der Waals surface area contributed by atoms with Gasteiger partial charge in [0.05, 0.1) is 16.3 Å². The zero-order chi connectivity index (χ0) is 10.7. The first-order valence-corrected chi connectivity index (χ1v) is 5.08. The molecule has 14 heavy (non-hydrogen) atoms. The molecule has 72 valence electrons. The van der Waals surface area contributed by atoms with E-state index in [4.69, 9.17) is 22.6 Å². The fraction of sp³-hybridized carbons (Fsp3) is 0. The van der Waals surface area contributed by atoms with Crippen molar-refractivity contribution < 1.29 is 0 Å². The maximum atomic E-state index is 8.81. The Balaban J connectivity index is 3.22. The fourth-order valence-corrected chi connectivity index (χ4v) is 1.49. The Morgan fingerprint density at radius 3 is 2.79 bits per heavy atom. The Bertz CT molecular complexity index is 427. The van der Waals surface area contributed by atoms with E-state index in [1.165, 1.54) is 0 Å². The molecule has 0 spiro atoms. The average Bonchev–Trinajstić information content (AvgIpc) is 2.10. The summed E-state index contributed by atoms with van der Waals surface area (Å²) in [4.78, 5) is 0. The second-order valence-corrected chi connectivity index (χ2v) is 4.11. The number of nitriles is 1. The molecule has 0 radical (unpaired) electrons. The third kappa shape index (κ3) is 2.58. The maximum Gasteiger partial charge on any atom is 0.168 e. The first-order valence-electron chi connectivity index (χ1n) is 3.50. The van der Waals surface area contributed by atoms with E-state index in [-0.39, 0.29) is 5.11 Å². The van der Waals surface area contributed by atoms with Gasteiger partial charge >= 0.3 is 0 Å². The Hall–Kier alpha value is -0.830. The minimum atomic E-state index is 0.0971. The zero-order valence-electron chi connectivity index (χ0n) is 6.84. The fourth-order valence-electron chi connectivity index (χ4n) is 0.875. The van der Waals surface area contributed by atoms with Gasteiger partial charge in [0.1, 0.15) is 6.07 Å². The van der Waals surface area contributed by atoms with E-state index in [1.807, 2.05) is 6.07 Å². The van der Waals surface area contributed by atoms with E-state index in [2.05, 4.69) is 33.5 Å². The van der Waals surface area contributed by atoms with Gasteiger partial charge in [0, 0.05) is 4.47 Å². The van der Waals surface area contributed by atoms with Crippen LogP contribution in [-0.4, -0.2) is 5.11 Å². The van der Waals surface area contributed by atoms with Crippen LogP contribution in [0.3, 0.4) is 0 Å². The van der Waals surface area contributed by atoms with Crippen LogP contribution in [0.15, 0.2) is 16.6 Å². The van der Waals surface area contributed by atoms with Crippen molar-refractivity contribution in [2.45, 2.75) is 0 Å². The maximum absolute atomic E-state index is 8.81. The molecule has 0 fully saturated rings. The van der Waals surface area contributed by atoms with E-state index in [0.717, 1.165) is 0 Å². The molecule has 0 atom stereocenters. The van der Waals surface area contributed by atoms with E-state index < -0.39 is 0 Å². The van der Waals surface area contributed by atoms with Gasteiger partial charge in [-0.25, -0.2) is 0 Å². The highest BCUT2D eigenvalue weighted by Crippen LogP contribution is 2.28. The second-order valence-electron chi connectivity index (χ2n) is 2.41. The van der Waals surface area contributed by atoms with Crippen LogP contribution in [0, 0.1) is 11.3 Å². The first kappa shape index (κ1) is 11.2. The van der Waals surface area contributed by atoms with E-state index in [1.54, 1.807) is 12.1 Å². The standard InChI is InChI=1S/C8H5BrClN3S/c9-5-1-4(3-11)7(2-6(5)10)13-8(12)14/h1-2H,(H3,12,13,14). The van der Waals surface area contributed by atoms with Gasteiger partial charge in [-0.3, -0.25) is 0 Å². The number of halogens is 2. The lowest BCUT2D eigenvalue weighted by atomic mass is 10.2. The van der Waals surface area contributed by atoms with Gasteiger partial charge in [-0.2, -0.15) is 5.26 Å². The summed E-state index contributed by atoms with van der Waals surface area (Å²) in [6.45, 7) is 0. The number of hydrogen-bond acceptors (Lipinski definition) is 2. The summed E-state index contributed by atoms with van der Waals surface area (Å²) in [6.07, 6.45) is 0. The molecular formula is C8H5BrClN3S. The highest BCUT2D eigenvalue weighted by Gasteiger charge is 2.06. The molecule has 0 aromatic heterocycles. The Morgan fingerprint density at radius 2 is 2.29 bits per heavy atom. The van der Waals surface area contributed by atoms with Gasteiger partial charge in [0.15, 0.2) is 5.11 Å². The largest absolute Gasteiger partial charge is 0.376 e. The lowest BCUT2D eigenvalue weighted by molar-refractivity contribution is 1.46. The van der Waals surface area contributed by atoms with Crippen LogP contribution in [0.4, 0.5) is 5.69 Å². The minimum Gasteiger partial charge on any atom is -0.376 e. The molecule has 0 amide bonds. The SMILES string of the molecule is N#Cc1cc(Br)c(Cl)cc1NC(N)=S. The molecule has 0 saturated carbocycles. The Morgan fingerprint density at radius 1 is 1.64 bits per heavy atom. The van der Waals surface area contributed by atoms with Gasteiger partial charge in [-0.1, -0.05) is 11.6 Å². The van der Waals surface area contributed by atoms with Crippen LogP contribution in [0.2, 0.25) is 5.02 Å². The molecule has 3 nitrogen and oxygen atoms in total. The topological polar surface area (TPSA) is 61.8 Å². The van der Waals surface area contributed by atoms with Gasteiger partial charge in [-0.15, -0.1) is 0 Å². The van der Waals surface area contributed by atoms with Crippen LogP contribution < -0.4 is 11.1 Å². The minimum absolute atomic E-state index is 0.0971. The highest BCUT2D eigenvalue weighted by molar-refractivity contribution is 9.10. The summed E-state index contributed by atoms with van der Waals surface area (Å²) in [6, 6.07) is 5.19. The molecule has 6 heteroatoms. The van der Waals surface area contributed by atoms with Crippen molar-refractivity contribution in [3.63, 3.8) is 0 Å². The van der Waals surface area contributed by atoms with Crippen LogP contribution >= 0.6 is 39.7 Å². The van der Waals surface area contributed by atoms with Crippen LogP contribution in [0.5, 0.6) is 0 Å². The molecule has 0 unspecified atom stereocenters. The first-order chi connectivity index (χ1) is 6.54. The number of anilines is 1. The third-order valence-corrected chi connectivity index (χ3v) is 2.74. The predicted molar refractivity (Wildman–Crippen MR) is 64.3 cm³/mol. The summed E-state index contributed by atoms with van der Waals surface area (Å²) in [7, 11) is 0. The monoisotopic (exact) mass is 289 g/mol. The molecule has 0 aliphatic rings. The smallest absolute Gasteiger partial charge is 0.168 e. The lowest BCUT2D eigenvalue weighted by Gasteiger charge is -2.07. The van der Waals surface area contributed by atoms with Crippen molar-refractivity contribution in [1.82, 2.24) is 0 Å². The van der Waals surface area contributed by atoms with E-state index >= 15 is 0 Å².